The Labute approximate surface area is 115 Å². The van der Waals surface area contributed by atoms with Gasteiger partial charge in [0, 0.05) is 12.6 Å². The summed E-state index contributed by atoms with van der Waals surface area (Å²) in [5.74, 6) is 5.16. The van der Waals surface area contributed by atoms with Crippen molar-refractivity contribution in [2.24, 2.45) is 23.7 Å². The van der Waals surface area contributed by atoms with E-state index < -0.39 is 0 Å². The van der Waals surface area contributed by atoms with Gasteiger partial charge in [-0.05, 0) is 67.6 Å². The van der Waals surface area contributed by atoms with Crippen LogP contribution >= 0.6 is 0 Å². The first-order valence-corrected chi connectivity index (χ1v) is 7.82. The average molecular weight is 257 g/mol. The maximum atomic E-state index is 5.56. The molecule has 0 aliphatic heterocycles. The molecule has 0 spiro atoms. The number of hydrogen-bond acceptors (Lipinski definition) is 2. The topological polar surface area (TPSA) is 21.3 Å². The predicted molar refractivity (Wildman–Crippen MR) is 76.0 cm³/mol. The molecule has 1 N–H and O–H groups in total. The fourth-order valence-electron chi connectivity index (χ4n) is 4.75. The molecular weight excluding hydrogens is 234 g/mol. The van der Waals surface area contributed by atoms with Crippen LogP contribution in [0, 0.1) is 23.7 Å². The summed E-state index contributed by atoms with van der Waals surface area (Å²) in [6, 6.07) is 9.33. The Morgan fingerprint density at radius 1 is 1.21 bits per heavy atom. The standard InChI is InChI=1S/C17H23NO/c1-2-19-14-5-3-4-11(8-14)10-18-17-15-12-6-7-13(9-12)16(15)17/h3-5,8,12-13,15-18H,2,6-7,9-10H2,1H3. The predicted octanol–water partition coefficient (Wildman–Crippen LogP) is 3.22. The van der Waals surface area contributed by atoms with E-state index in [4.69, 9.17) is 4.74 Å². The van der Waals surface area contributed by atoms with E-state index in [1.54, 1.807) is 0 Å². The second-order valence-electron chi connectivity index (χ2n) is 6.48. The molecule has 2 nitrogen and oxygen atoms in total. The van der Waals surface area contributed by atoms with Crippen molar-refractivity contribution in [1.29, 1.82) is 0 Å². The van der Waals surface area contributed by atoms with Gasteiger partial charge in [0.2, 0.25) is 0 Å². The molecule has 3 aliphatic rings. The molecule has 3 aliphatic carbocycles. The van der Waals surface area contributed by atoms with Gasteiger partial charge in [-0.3, -0.25) is 0 Å². The molecule has 0 radical (unpaired) electrons. The SMILES string of the molecule is CCOc1cccc(CNC2C3C4CCC(C4)C23)c1. The van der Waals surface area contributed by atoms with Gasteiger partial charge in [0.15, 0.2) is 0 Å². The lowest BCUT2D eigenvalue weighted by molar-refractivity contribution is 0.339. The van der Waals surface area contributed by atoms with Crippen molar-refractivity contribution in [1.82, 2.24) is 5.32 Å². The highest BCUT2D eigenvalue weighted by atomic mass is 16.5. The second-order valence-corrected chi connectivity index (χ2v) is 6.48. The Morgan fingerprint density at radius 2 is 2.00 bits per heavy atom. The maximum absolute atomic E-state index is 5.56. The molecule has 4 atom stereocenters. The fourth-order valence-corrected chi connectivity index (χ4v) is 4.75. The Balaban J connectivity index is 1.35. The summed E-state index contributed by atoms with van der Waals surface area (Å²) in [6.45, 7) is 3.77. The molecule has 0 saturated heterocycles. The first kappa shape index (κ1) is 11.8. The minimum Gasteiger partial charge on any atom is -0.494 e. The average Bonchev–Trinajstić information content (AvgIpc) is 2.80. The van der Waals surface area contributed by atoms with E-state index in [1.165, 1.54) is 24.8 Å². The zero-order valence-corrected chi connectivity index (χ0v) is 11.6. The van der Waals surface area contributed by atoms with Crippen molar-refractivity contribution in [2.75, 3.05) is 6.61 Å². The minimum atomic E-state index is 0.743. The van der Waals surface area contributed by atoms with Gasteiger partial charge in [0.1, 0.15) is 5.75 Å². The quantitative estimate of drug-likeness (QED) is 0.874. The van der Waals surface area contributed by atoms with Gasteiger partial charge in [0.05, 0.1) is 6.61 Å². The summed E-state index contributed by atoms with van der Waals surface area (Å²) in [6.07, 6.45) is 4.54. The summed E-state index contributed by atoms with van der Waals surface area (Å²) in [5, 5.41) is 3.79. The number of nitrogens with one attached hydrogen (secondary N) is 1. The normalized spacial score (nSPS) is 38.3. The lowest BCUT2D eigenvalue weighted by Gasteiger charge is -2.11. The number of rotatable bonds is 5. The molecule has 102 valence electrons. The van der Waals surface area contributed by atoms with Crippen LogP contribution in [0.2, 0.25) is 0 Å². The van der Waals surface area contributed by atoms with Crippen molar-refractivity contribution in [3.8, 4) is 5.75 Å². The van der Waals surface area contributed by atoms with Crippen LogP contribution < -0.4 is 10.1 Å². The molecule has 3 fully saturated rings. The molecule has 2 bridgehead atoms. The summed E-state index contributed by atoms with van der Waals surface area (Å²) in [4.78, 5) is 0. The van der Waals surface area contributed by atoms with E-state index in [0.717, 1.165) is 48.6 Å². The van der Waals surface area contributed by atoms with Crippen molar-refractivity contribution >= 4 is 0 Å². The van der Waals surface area contributed by atoms with Crippen LogP contribution in [0.4, 0.5) is 0 Å². The van der Waals surface area contributed by atoms with Gasteiger partial charge in [0.25, 0.3) is 0 Å². The number of ether oxygens (including phenoxy) is 1. The van der Waals surface area contributed by atoms with E-state index in [-0.39, 0.29) is 0 Å². The number of hydrogen-bond donors (Lipinski definition) is 1. The largest absolute Gasteiger partial charge is 0.494 e. The molecule has 0 heterocycles. The van der Waals surface area contributed by atoms with Crippen molar-refractivity contribution in [2.45, 2.75) is 38.8 Å². The van der Waals surface area contributed by atoms with Crippen LogP contribution in [-0.2, 0) is 6.54 Å². The lowest BCUT2D eigenvalue weighted by Crippen LogP contribution is -2.22. The third kappa shape index (κ3) is 1.97. The third-order valence-electron chi connectivity index (χ3n) is 5.49. The van der Waals surface area contributed by atoms with Gasteiger partial charge in [-0.25, -0.2) is 0 Å². The zero-order valence-electron chi connectivity index (χ0n) is 11.6. The van der Waals surface area contributed by atoms with E-state index in [1.807, 2.05) is 13.0 Å². The second kappa shape index (κ2) is 4.52. The lowest BCUT2D eigenvalue weighted by atomic mass is 10.0. The van der Waals surface area contributed by atoms with Crippen LogP contribution in [0.5, 0.6) is 5.75 Å². The molecule has 0 aromatic heterocycles. The molecule has 4 unspecified atom stereocenters. The van der Waals surface area contributed by atoms with Crippen molar-refractivity contribution in [3.63, 3.8) is 0 Å². The van der Waals surface area contributed by atoms with Gasteiger partial charge in [-0.1, -0.05) is 12.1 Å². The van der Waals surface area contributed by atoms with Crippen LogP contribution in [-0.4, -0.2) is 12.6 Å². The molecule has 4 rings (SSSR count). The molecule has 0 amide bonds. The van der Waals surface area contributed by atoms with Crippen molar-refractivity contribution in [3.05, 3.63) is 29.8 Å². The Bertz CT molecular complexity index is 456. The summed E-state index contributed by atoms with van der Waals surface area (Å²) in [5.41, 5.74) is 1.35. The molecule has 19 heavy (non-hydrogen) atoms. The fraction of sp³-hybridized carbons (Fsp3) is 0.647. The van der Waals surface area contributed by atoms with Crippen LogP contribution in [0.15, 0.2) is 24.3 Å². The Hall–Kier alpha value is -1.02. The molecular formula is C17H23NO. The molecule has 1 aromatic rings. The van der Waals surface area contributed by atoms with Gasteiger partial charge in [-0.2, -0.15) is 0 Å². The Morgan fingerprint density at radius 3 is 2.74 bits per heavy atom. The highest BCUT2D eigenvalue weighted by Crippen LogP contribution is 2.65. The summed E-state index contributed by atoms with van der Waals surface area (Å²) in [7, 11) is 0. The van der Waals surface area contributed by atoms with Gasteiger partial charge < -0.3 is 10.1 Å². The highest BCUT2D eigenvalue weighted by Gasteiger charge is 2.64. The third-order valence-corrected chi connectivity index (χ3v) is 5.49. The Kier molecular flexibility index (Phi) is 2.80. The first-order valence-electron chi connectivity index (χ1n) is 7.82. The van der Waals surface area contributed by atoms with Gasteiger partial charge in [-0.15, -0.1) is 0 Å². The zero-order chi connectivity index (χ0) is 12.8. The smallest absolute Gasteiger partial charge is 0.119 e. The van der Waals surface area contributed by atoms with Crippen LogP contribution in [0.25, 0.3) is 0 Å². The molecule has 3 saturated carbocycles. The number of benzene rings is 1. The molecule has 1 aromatic carbocycles. The highest BCUT2D eigenvalue weighted by molar-refractivity contribution is 5.29. The van der Waals surface area contributed by atoms with E-state index in [0.29, 0.717) is 0 Å². The van der Waals surface area contributed by atoms with Crippen LogP contribution in [0.1, 0.15) is 31.7 Å². The van der Waals surface area contributed by atoms with E-state index in [2.05, 4.69) is 23.5 Å². The maximum Gasteiger partial charge on any atom is 0.119 e. The summed E-state index contributed by atoms with van der Waals surface area (Å²) >= 11 is 0. The van der Waals surface area contributed by atoms with Gasteiger partial charge >= 0.3 is 0 Å². The molecule has 2 heteroatoms. The van der Waals surface area contributed by atoms with Crippen LogP contribution in [0.3, 0.4) is 0 Å². The first-order chi connectivity index (χ1) is 9.36. The van der Waals surface area contributed by atoms with Crippen molar-refractivity contribution < 1.29 is 4.74 Å². The van der Waals surface area contributed by atoms with E-state index >= 15 is 0 Å². The monoisotopic (exact) mass is 257 g/mol. The number of fused-ring (bicyclic) bond motifs is 5. The van der Waals surface area contributed by atoms with E-state index in [9.17, 15) is 0 Å². The minimum absolute atomic E-state index is 0.743. The summed E-state index contributed by atoms with van der Waals surface area (Å²) < 4.78 is 5.56.